The molecule has 0 aliphatic heterocycles. The van der Waals surface area contributed by atoms with Gasteiger partial charge in [-0.05, 0) is 29.8 Å². The van der Waals surface area contributed by atoms with E-state index in [0.29, 0.717) is 10.7 Å². The zero-order valence-corrected chi connectivity index (χ0v) is 8.48. The minimum atomic E-state index is -0.995. The van der Waals surface area contributed by atoms with E-state index < -0.39 is 6.09 Å². The second-order valence-electron chi connectivity index (χ2n) is 3.05. The maximum absolute atomic E-state index is 10.9. The van der Waals surface area contributed by atoms with Crippen molar-refractivity contribution >= 4 is 17.7 Å². The van der Waals surface area contributed by atoms with Crippen LogP contribution in [0.5, 0.6) is 0 Å². The summed E-state index contributed by atoms with van der Waals surface area (Å²) in [6.07, 6.45) is 0.511. The summed E-state index contributed by atoms with van der Waals surface area (Å²) in [5.74, 6) is 0. The Morgan fingerprint density at radius 2 is 1.87 bits per heavy atom. The monoisotopic (exact) mass is 221 g/mol. The van der Waals surface area contributed by atoms with E-state index in [1.165, 1.54) is 10.8 Å². The highest BCUT2D eigenvalue weighted by molar-refractivity contribution is 6.30. The van der Waals surface area contributed by atoms with Crippen LogP contribution in [0.25, 0.3) is 11.3 Å². The largest absolute Gasteiger partial charge is 0.464 e. The van der Waals surface area contributed by atoms with E-state index in [1.54, 1.807) is 36.4 Å². The maximum Gasteiger partial charge on any atom is 0.415 e. The SMILES string of the molecule is O=C(O)n1cccc1-c1ccc(Cl)cc1. The molecular weight excluding hydrogens is 214 g/mol. The Kier molecular flexibility index (Phi) is 2.47. The van der Waals surface area contributed by atoms with Crippen molar-refractivity contribution in [2.24, 2.45) is 0 Å². The first-order valence-electron chi connectivity index (χ1n) is 4.35. The Morgan fingerprint density at radius 3 is 2.47 bits per heavy atom. The molecule has 0 amide bonds. The lowest BCUT2D eigenvalue weighted by Crippen LogP contribution is -2.07. The van der Waals surface area contributed by atoms with Gasteiger partial charge in [-0.2, -0.15) is 0 Å². The summed E-state index contributed by atoms with van der Waals surface area (Å²) in [6, 6.07) is 10.5. The van der Waals surface area contributed by atoms with Gasteiger partial charge in [0, 0.05) is 11.2 Å². The Labute approximate surface area is 91.5 Å². The second-order valence-corrected chi connectivity index (χ2v) is 3.49. The smallest absolute Gasteiger partial charge is 0.415 e. The number of hydrogen-bond acceptors (Lipinski definition) is 1. The first-order chi connectivity index (χ1) is 7.18. The maximum atomic E-state index is 10.9. The normalized spacial score (nSPS) is 10.2. The predicted octanol–water partition coefficient (Wildman–Crippen LogP) is 3.33. The summed E-state index contributed by atoms with van der Waals surface area (Å²) in [5.41, 5.74) is 1.46. The summed E-state index contributed by atoms with van der Waals surface area (Å²) < 4.78 is 1.17. The molecular formula is C11H8ClNO2. The van der Waals surface area contributed by atoms with Gasteiger partial charge in [-0.3, -0.25) is 4.57 Å². The summed E-state index contributed by atoms with van der Waals surface area (Å²) in [4.78, 5) is 10.9. The number of rotatable bonds is 1. The first-order valence-corrected chi connectivity index (χ1v) is 4.73. The van der Waals surface area contributed by atoms with Gasteiger partial charge in [0.2, 0.25) is 0 Å². The van der Waals surface area contributed by atoms with Crippen LogP contribution in [0.15, 0.2) is 42.6 Å². The molecule has 4 heteroatoms. The molecule has 0 aliphatic carbocycles. The quantitative estimate of drug-likeness (QED) is 0.803. The average Bonchev–Trinajstić information content (AvgIpc) is 2.67. The van der Waals surface area contributed by atoms with Gasteiger partial charge in [0.05, 0.1) is 5.69 Å². The summed E-state index contributed by atoms with van der Waals surface area (Å²) in [5, 5.41) is 9.54. The third-order valence-electron chi connectivity index (χ3n) is 2.09. The van der Waals surface area contributed by atoms with Crippen LogP contribution in [-0.4, -0.2) is 15.8 Å². The van der Waals surface area contributed by atoms with Crippen LogP contribution >= 0.6 is 11.6 Å². The fraction of sp³-hybridized carbons (Fsp3) is 0. The van der Waals surface area contributed by atoms with Crippen molar-refractivity contribution in [1.29, 1.82) is 0 Å². The lowest BCUT2D eigenvalue weighted by Gasteiger charge is -2.03. The number of nitrogens with zero attached hydrogens (tertiary/aromatic N) is 1. The molecule has 0 aliphatic rings. The Balaban J connectivity index is 2.49. The van der Waals surface area contributed by atoms with Crippen LogP contribution in [0.1, 0.15) is 0 Å². The Morgan fingerprint density at radius 1 is 1.20 bits per heavy atom. The highest BCUT2D eigenvalue weighted by Gasteiger charge is 2.08. The van der Waals surface area contributed by atoms with Gasteiger partial charge in [-0.15, -0.1) is 0 Å². The van der Waals surface area contributed by atoms with Gasteiger partial charge in [0.15, 0.2) is 0 Å². The number of hydrogen-bond donors (Lipinski definition) is 1. The van der Waals surface area contributed by atoms with Crippen molar-refractivity contribution in [3.8, 4) is 11.3 Å². The van der Waals surface area contributed by atoms with E-state index in [1.807, 2.05) is 0 Å². The molecule has 2 aromatic rings. The molecule has 0 bridgehead atoms. The molecule has 0 saturated carbocycles. The van der Waals surface area contributed by atoms with E-state index >= 15 is 0 Å². The molecule has 1 heterocycles. The molecule has 0 saturated heterocycles. The van der Waals surface area contributed by atoms with E-state index in [-0.39, 0.29) is 0 Å². The Bertz CT molecular complexity index is 488. The summed E-state index contributed by atoms with van der Waals surface area (Å²) >= 11 is 5.75. The van der Waals surface area contributed by atoms with Crippen molar-refractivity contribution in [2.75, 3.05) is 0 Å². The lowest BCUT2D eigenvalue weighted by atomic mass is 10.1. The zero-order chi connectivity index (χ0) is 10.8. The van der Waals surface area contributed by atoms with E-state index in [2.05, 4.69) is 0 Å². The van der Waals surface area contributed by atoms with Crippen LogP contribution in [-0.2, 0) is 0 Å². The molecule has 0 fully saturated rings. The summed E-state index contributed by atoms with van der Waals surface area (Å²) in [7, 11) is 0. The molecule has 0 radical (unpaired) electrons. The highest BCUT2D eigenvalue weighted by atomic mass is 35.5. The molecule has 3 nitrogen and oxygen atoms in total. The van der Waals surface area contributed by atoms with Gasteiger partial charge in [-0.1, -0.05) is 23.7 Å². The van der Waals surface area contributed by atoms with Crippen LogP contribution < -0.4 is 0 Å². The standard InChI is InChI=1S/C11H8ClNO2/c12-9-5-3-8(4-6-9)10-2-1-7-13(10)11(14)15/h1-7H,(H,14,15). The highest BCUT2D eigenvalue weighted by Crippen LogP contribution is 2.21. The number of halogens is 1. The van der Waals surface area contributed by atoms with Gasteiger partial charge in [0.25, 0.3) is 0 Å². The molecule has 0 spiro atoms. The van der Waals surface area contributed by atoms with Crippen molar-refractivity contribution in [2.45, 2.75) is 0 Å². The second kappa shape index (κ2) is 3.79. The minimum Gasteiger partial charge on any atom is -0.464 e. The molecule has 0 unspecified atom stereocenters. The van der Waals surface area contributed by atoms with Crippen LogP contribution in [0.3, 0.4) is 0 Å². The molecule has 76 valence electrons. The minimum absolute atomic E-state index is 0.632. The van der Waals surface area contributed by atoms with Gasteiger partial charge < -0.3 is 5.11 Å². The number of carbonyl (C=O) groups is 1. The molecule has 1 N–H and O–H groups in total. The van der Waals surface area contributed by atoms with Gasteiger partial charge in [-0.25, -0.2) is 4.79 Å². The molecule has 1 aromatic heterocycles. The summed E-state index contributed by atoms with van der Waals surface area (Å²) in [6.45, 7) is 0. The van der Waals surface area contributed by atoms with Crippen molar-refractivity contribution < 1.29 is 9.90 Å². The third kappa shape index (κ3) is 1.87. The average molecular weight is 222 g/mol. The number of aromatic nitrogens is 1. The van der Waals surface area contributed by atoms with Crippen LogP contribution in [0, 0.1) is 0 Å². The first kappa shape index (κ1) is 9.80. The van der Waals surface area contributed by atoms with E-state index in [4.69, 9.17) is 16.7 Å². The van der Waals surface area contributed by atoms with E-state index in [9.17, 15) is 4.79 Å². The molecule has 1 aromatic carbocycles. The predicted molar refractivity (Wildman–Crippen MR) is 58.3 cm³/mol. The van der Waals surface area contributed by atoms with Gasteiger partial charge in [0.1, 0.15) is 0 Å². The topological polar surface area (TPSA) is 42.2 Å². The van der Waals surface area contributed by atoms with E-state index in [0.717, 1.165) is 5.56 Å². The lowest BCUT2D eigenvalue weighted by molar-refractivity contribution is 0.197. The third-order valence-corrected chi connectivity index (χ3v) is 2.35. The Hall–Kier alpha value is -1.74. The van der Waals surface area contributed by atoms with Gasteiger partial charge >= 0.3 is 6.09 Å². The fourth-order valence-electron chi connectivity index (χ4n) is 1.40. The fourth-order valence-corrected chi connectivity index (χ4v) is 1.53. The van der Waals surface area contributed by atoms with Crippen LogP contribution in [0.2, 0.25) is 5.02 Å². The molecule has 2 rings (SSSR count). The van der Waals surface area contributed by atoms with Crippen molar-refractivity contribution in [3.63, 3.8) is 0 Å². The number of carboxylic acid groups (broad SMARTS) is 1. The van der Waals surface area contributed by atoms with Crippen LogP contribution in [0.4, 0.5) is 4.79 Å². The van der Waals surface area contributed by atoms with Crippen molar-refractivity contribution in [3.05, 3.63) is 47.6 Å². The molecule has 0 atom stereocenters. The zero-order valence-electron chi connectivity index (χ0n) is 7.72. The molecule has 15 heavy (non-hydrogen) atoms. The number of benzene rings is 1. The van der Waals surface area contributed by atoms with Crippen molar-refractivity contribution in [1.82, 2.24) is 4.57 Å².